The number of amides is 2. The minimum absolute atomic E-state index is 0.0146. The van der Waals surface area contributed by atoms with E-state index in [0.717, 1.165) is 31.5 Å². The molecular formula is C18H26ClN5O2. The molecule has 0 spiro atoms. The van der Waals surface area contributed by atoms with Crippen LogP contribution in [0.3, 0.4) is 0 Å². The molecule has 2 amide bonds. The van der Waals surface area contributed by atoms with E-state index in [1.165, 1.54) is 0 Å². The molecule has 8 heteroatoms. The van der Waals surface area contributed by atoms with Crippen molar-refractivity contribution in [3.8, 4) is 0 Å². The van der Waals surface area contributed by atoms with Crippen LogP contribution in [0, 0.1) is 5.92 Å². The number of hydrogen-bond donors (Lipinski definition) is 4. The monoisotopic (exact) mass is 379 g/mol. The quantitative estimate of drug-likeness (QED) is 0.555. The number of carbonyl (C=O) groups is 2. The average Bonchev–Trinajstić information content (AvgIpc) is 3.06. The maximum Gasteiger partial charge on any atom is 0.238 e. The minimum Gasteiger partial charge on any atom is -0.358 e. The SMILES string of the molecule is CNC(=O)C1NNC2CCN(CC(=O)NCCc3ccc(Cl)cc3)CC21. The molecule has 4 N–H and O–H groups in total. The maximum atomic E-state index is 12.2. The van der Waals surface area contributed by atoms with Crippen LogP contribution in [0.5, 0.6) is 0 Å². The van der Waals surface area contributed by atoms with Crippen LogP contribution in [-0.2, 0) is 16.0 Å². The van der Waals surface area contributed by atoms with Gasteiger partial charge in [-0.3, -0.25) is 19.9 Å². The van der Waals surface area contributed by atoms with E-state index in [0.29, 0.717) is 18.1 Å². The molecule has 0 bridgehead atoms. The van der Waals surface area contributed by atoms with Crippen molar-refractivity contribution in [2.24, 2.45) is 5.92 Å². The van der Waals surface area contributed by atoms with Crippen LogP contribution in [0.25, 0.3) is 0 Å². The number of halogens is 1. The molecule has 0 aromatic heterocycles. The minimum atomic E-state index is -0.249. The number of piperidine rings is 1. The van der Waals surface area contributed by atoms with Gasteiger partial charge in [0.1, 0.15) is 6.04 Å². The molecule has 2 fully saturated rings. The Hall–Kier alpha value is -1.67. The van der Waals surface area contributed by atoms with Gasteiger partial charge >= 0.3 is 0 Å². The molecule has 1 aromatic rings. The molecule has 0 saturated carbocycles. The van der Waals surface area contributed by atoms with Gasteiger partial charge in [-0.2, -0.15) is 0 Å². The molecule has 26 heavy (non-hydrogen) atoms. The predicted molar refractivity (Wildman–Crippen MR) is 101 cm³/mol. The fourth-order valence-corrected chi connectivity index (χ4v) is 3.81. The zero-order chi connectivity index (χ0) is 18.5. The van der Waals surface area contributed by atoms with E-state index < -0.39 is 0 Å². The Labute approximate surface area is 158 Å². The second-order valence-corrected chi connectivity index (χ2v) is 7.34. The fourth-order valence-electron chi connectivity index (χ4n) is 3.69. The molecule has 2 heterocycles. The van der Waals surface area contributed by atoms with Gasteiger partial charge in [-0.1, -0.05) is 23.7 Å². The molecule has 142 valence electrons. The smallest absolute Gasteiger partial charge is 0.238 e. The van der Waals surface area contributed by atoms with Crippen molar-refractivity contribution in [3.05, 3.63) is 34.9 Å². The number of likely N-dealkylation sites (N-methyl/N-ethyl adjacent to an activating group) is 1. The van der Waals surface area contributed by atoms with Gasteiger partial charge in [0.15, 0.2) is 0 Å². The number of nitrogens with one attached hydrogen (secondary N) is 4. The van der Waals surface area contributed by atoms with Crippen molar-refractivity contribution in [1.29, 1.82) is 0 Å². The van der Waals surface area contributed by atoms with Crippen LogP contribution in [-0.4, -0.2) is 62.0 Å². The Bertz CT molecular complexity index is 639. The lowest BCUT2D eigenvalue weighted by atomic mass is 9.88. The Morgan fingerprint density at radius 3 is 2.77 bits per heavy atom. The van der Waals surface area contributed by atoms with E-state index in [2.05, 4.69) is 26.4 Å². The molecule has 0 aliphatic carbocycles. The third-order valence-corrected chi connectivity index (χ3v) is 5.39. The van der Waals surface area contributed by atoms with Crippen LogP contribution in [0.2, 0.25) is 5.02 Å². The first kappa shape index (κ1) is 19.1. The summed E-state index contributed by atoms with van der Waals surface area (Å²) in [7, 11) is 1.64. The first-order valence-electron chi connectivity index (χ1n) is 9.03. The third-order valence-electron chi connectivity index (χ3n) is 5.14. The van der Waals surface area contributed by atoms with E-state index in [4.69, 9.17) is 11.6 Å². The van der Waals surface area contributed by atoms with Crippen molar-refractivity contribution in [2.75, 3.05) is 33.2 Å². The number of hydrogen-bond acceptors (Lipinski definition) is 5. The summed E-state index contributed by atoms with van der Waals surface area (Å²) < 4.78 is 0. The predicted octanol–water partition coefficient (Wildman–Crippen LogP) is -0.0884. The van der Waals surface area contributed by atoms with Crippen LogP contribution in [0.1, 0.15) is 12.0 Å². The first-order chi connectivity index (χ1) is 12.6. The summed E-state index contributed by atoms with van der Waals surface area (Å²) in [6.07, 6.45) is 1.70. The average molecular weight is 380 g/mol. The van der Waals surface area contributed by atoms with E-state index in [-0.39, 0.29) is 29.8 Å². The second kappa shape index (κ2) is 8.81. The van der Waals surface area contributed by atoms with Crippen LogP contribution in [0.4, 0.5) is 0 Å². The molecule has 2 saturated heterocycles. The molecule has 3 rings (SSSR count). The lowest BCUT2D eigenvalue weighted by molar-refractivity contribution is -0.124. The number of rotatable bonds is 6. The molecule has 2 aliphatic rings. The highest BCUT2D eigenvalue weighted by Gasteiger charge is 2.42. The Morgan fingerprint density at radius 2 is 2.04 bits per heavy atom. The topological polar surface area (TPSA) is 85.5 Å². The van der Waals surface area contributed by atoms with Gasteiger partial charge in [0, 0.05) is 43.7 Å². The summed E-state index contributed by atoms with van der Waals surface area (Å²) in [4.78, 5) is 26.3. The van der Waals surface area contributed by atoms with Gasteiger partial charge in [-0.05, 0) is 30.5 Å². The summed E-state index contributed by atoms with van der Waals surface area (Å²) in [5.74, 6) is 0.178. The summed E-state index contributed by atoms with van der Waals surface area (Å²) in [5.41, 5.74) is 7.43. The number of nitrogens with zero attached hydrogens (tertiary/aromatic N) is 1. The summed E-state index contributed by atoms with van der Waals surface area (Å²) in [5, 5.41) is 6.38. The van der Waals surface area contributed by atoms with Gasteiger partial charge in [0.2, 0.25) is 11.8 Å². The zero-order valence-corrected chi connectivity index (χ0v) is 15.7. The molecule has 3 atom stereocenters. The van der Waals surface area contributed by atoms with Crippen LogP contribution >= 0.6 is 11.6 Å². The maximum absolute atomic E-state index is 12.2. The van der Waals surface area contributed by atoms with Crippen LogP contribution < -0.4 is 21.5 Å². The van der Waals surface area contributed by atoms with Gasteiger partial charge in [-0.15, -0.1) is 0 Å². The third kappa shape index (κ3) is 4.73. The van der Waals surface area contributed by atoms with E-state index in [1.54, 1.807) is 7.05 Å². The highest BCUT2D eigenvalue weighted by atomic mass is 35.5. The van der Waals surface area contributed by atoms with Crippen molar-refractivity contribution in [3.63, 3.8) is 0 Å². The normalized spacial score (nSPS) is 25.5. The summed E-state index contributed by atoms with van der Waals surface area (Å²) in [6.45, 7) is 2.54. The molecular weight excluding hydrogens is 354 g/mol. The number of carbonyl (C=O) groups excluding carboxylic acids is 2. The van der Waals surface area contributed by atoms with Crippen molar-refractivity contribution < 1.29 is 9.59 Å². The number of likely N-dealkylation sites (tertiary alicyclic amines) is 1. The van der Waals surface area contributed by atoms with E-state index >= 15 is 0 Å². The lowest BCUT2D eigenvalue weighted by Crippen LogP contribution is -2.51. The first-order valence-corrected chi connectivity index (χ1v) is 9.41. The number of hydrazine groups is 1. The van der Waals surface area contributed by atoms with Crippen molar-refractivity contribution >= 4 is 23.4 Å². The molecule has 1 aromatic carbocycles. The highest BCUT2D eigenvalue weighted by Crippen LogP contribution is 2.24. The van der Waals surface area contributed by atoms with Gasteiger partial charge in [0.25, 0.3) is 0 Å². The molecule has 3 unspecified atom stereocenters. The van der Waals surface area contributed by atoms with E-state index in [9.17, 15) is 9.59 Å². The summed E-state index contributed by atoms with van der Waals surface area (Å²) in [6, 6.07) is 7.68. The standard InChI is InChI=1S/C18H26ClN5O2/c1-20-18(26)17-14-10-24(9-7-15(14)22-23-17)11-16(25)21-8-6-12-2-4-13(19)5-3-12/h2-5,14-15,17,22-23H,6-11H2,1H3,(H,20,26)(H,21,25). The lowest BCUT2D eigenvalue weighted by Gasteiger charge is -2.35. The Morgan fingerprint density at radius 1 is 1.27 bits per heavy atom. The van der Waals surface area contributed by atoms with Crippen LogP contribution in [0.15, 0.2) is 24.3 Å². The van der Waals surface area contributed by atoms with Gasteiger partial charge in [0.05, 0.1) is 6.54 Å². The van der Waals surface area contributed by atoms with E-state index in [1.807, 2.05) is 24.3 Å². The zero-order valence-electron chi connectivity index (χ0n) is 14.9. The largest absolute Gasteiger partial charge is 0.358 e. The number of fused-ring (bicyclic) bond motifs is 1. The molecule has 7 nitrogen and oxygen atoms in total. The molecule has 0 radical (unpaired) electrons. The van der Waals surface area contributed by atoms with Crippen molar-refractivity contribution in [1.82, 2.24) is 26.4 Å². The summed E-state index contributed by atoms with van der Waals surface area (Å²) >= 11 is 5.87. The molecule has 2 aliphatic heterocycles. The fraction of sp³-hybridized carbons (Fsp3) is 0.556. The Kier molecular flexibility index (Phi) is 6.48. The van der Waals surface area contributed by atoms with Gasteiger partial charge in [-0.25, -0.2) is 5.43 Å². The second-order valence-electron chi connectivity index (χ2n) is 6.90. The van der Waals surface area contributed by atoms with Gasteiger partial charge < -0.3 is 10.6 Å². The van der Waals surface area contributed by atoms with Crippen molar-refractivity contribution in [2.45, 2.75) is 24.9 Å². The highest BCUT2D eigenvalue weighted by molar-refractivity contribution is 6.30. The Balaban J connectivity index is 1.43. The number of benzene rings is 1.